The number of nitrogens with one attached hydrogen (secondary N) is 1. The van der Waals surface area contributed by atoms with Crippen molar-refractivity contribution < 1.29 is 9.59 Å². The van der Waals surface area contributed by atoms with E-state index in [2.05, 4.69) is 5.32 Å². The maximum Gasteiger partial charge on any atom is 0.245 e. The molecule has 0 saturated carbocycles. The highest BCUT2D eigenvalue weighted by Crippen LogP contribution is 2.14. The van der Waals surface area contributed by atoms with E-state index >= 15 is 0 Å². The predicted octanol–water partition coefficient (Wildman–Crippen LogP) is 0.912. The molecule has 1 atom stereocenters. The van der Waals surface area contributed by atoms with Crippen molar-refractivity contribution in [2.24, 2.45) is 0 Å². The summed E-state index contributed by atoms with van der Waals surface area (Å²) in [5.74, 6) is -0.0587. The van der Waals surface area contributed by atoms with Crippen molar-refractivity contribution in [3.05, 3.63) is 0 Å². The largest absolute Gasteiger partial charge is 0.345 e. The van der Waals surface area contributed by atoms with Gasteiger partial charge < -0.3 is 10.2 Å². The standard InChI is InChI=1S/C11H20N2O2/c1-8(2)13-7-5-4-6-10(11(13)15)12-9(3)14/h8,10H,4-7H2,1-3H3,(H,12,14). The number of carbonyl (C=O) groups excluding carboxylic acids is 2. The van der Waals surface area contributed by atoms with Gasteiger partial charge in [-0.1, -0.05) is 0 Å². The summed E-state index contributed by atoms with van der Waals surface area (Å²) in [6.45, 7) is 6.28. The Morgan fingerprint density at radius 1 is 1.47 bits per heavy atom. The molecular weight excluding hydrogens is 192 g/mol. The molecule has 1 rings (SSSR count). The molecule has 1 unspecified atom stereocenters. The minimum Gasteiger partial charge on any atom is -0.345 e. The Morgan fingerprint density at radius 3 is 2.67 bits per heavy atom. The van der Waals surface area contributed by atoms with Crippen LogP contribution in [0.1, 0.15) is 40.0 Å². The van der Waals surface area contributed by atoms with Crippen molar-refractivity contribution in [3.8, 4) is 0 Å². The molecule has 15 heavy (non-hydrogen) atoms. The van der Waals surface area contributed by atoms with Gasteiger partial charge in [0, 0.05) is 19.5 Å². The molecule has 1 aliphatic rings. The fourth-order valence-electron chi connectivity index (χ4n) is 1.96. The second kappa shape index (κ2) is 5.14. The second-order valence-electron chi connectivity index (χ2n) is 4.37. The average Bonchev–Trinajstić information content (AvgIpc) is 2.29. The Labute approximate surface area is 91.0 Å². The average molecular weight is 212 g/mol. The zero-order valence-corrected chi connectivity index (χ0v) is 9.75. The maximum atomic E-state index is 12.0. The van der Waals surface area contributed by atoms with E-state index in [0.717, 1.165) is 25.8 Å². The van der Waals surface area contributed by atoms with Gasteiger partial charge in [-0.2, -0.15) is 0 Å². The highest BCUT2D eigenvalue weighted by molar-refractivity contribution is 5.87. The van der Waals surface area contributed by atoms with Crippen LogP contribution in [0.5, 0.6) is 0 Å². The molecule has 4 heteroatoms. The third kappa shape index (κ3) is 3.22. The monoisotopic (exact) mass is 212 g/mol. The fraction of sp³-hybridized carbons (Fsp3) is 0.818. The summed E-state index contributed by atoms with van der Waals surface area (Å²) in [6, 6.07) is -0.0979. The van der Waals surface area contributed by atoms with Gasteiger partial charge in [0.1, 0.15) is 6.04 Å². The summed E-state index contributed by atoms with van der Waals surface area (Å²) in [5, 5.41) is 2.73. The molecule has 0 aromatic rings. The molecular formula is C11H20N2O2. The first-order chi connectivity index (χ1) is 7.02. The number of nitrogens with zero attached hydrogens (tertiary/aromatic N) is 1. The van der Waals surface area contributed by atoms with Crippen LogP contribution in [0.3, 0.4) is 0 Å². The van der Waals surface area contributed by atoms with Crippen molar-refractivity contribution in [1.82, 2.24) is 10.2 Å². The predicted molar refractivity (Wildman–Crippen MR) is 58.3 cm³/mol. The van der Waals surface area contributed by atoms with Gasteiger partial charge in [0.15, 0.2) is 0 Å². The van der Waals surface area contributed by atoms with E-state index in [9.17, 15) is 9.59 Å². The molecule has 2 amide bonds. The van der Waals surface area contributed by atoms with Gasteiger partial charge in [-0.05, 0) is 33.1 Å². The lowest BCUT2D eigenvalue weighted by atomic mass is 10.1. The number of carbonyl (C=O) groups is 2. The highest BCUT2D eigenvalue weighted by atomic mass is 16.2. The van der Waals surface area contributed by atoms with Crippen LogP contribution in [0.25, 0.3) is 0 Å². The Morgan fingerprint density at radius 2 is 2.13 bits per heavy atom. The van der Waals surface area contributed by atoms with Gasteiger partial charge in [0.05, 0.1) is 0 Å². The Balaban J connectivity index is 2.70. The van der Waals surface area contributed by atoms with Crippen molar-refractivity contribution in [3.63, 3.8) is 0 Å². The van der Waals surface area contributed by atoms with E-state index in [1.165, 1.54) is 6.92 Å². The number of likely N-dealkylation sites (tertiary alicyclic amines) is 1. The first-order valence-corrected chi connectivity index (χ1v) is 5.60. The number of hydrogen-bond acceptors (Lipinski definition) is 2. The van der Waals surface area contributed by atoms with E-state index in [1.807, 2.05) is 18.7 Å². The van der Waals surface area contributed by atoms with Crippen LogP contribution >= 0.6 is 0 Å². The fourth-order valence-corrected chi connectivity index (χ4v) is 1.96. The zero-order valence-electron chi connectivity index (χ0n) is 9.75. The normalized spacial score (nSPS) is 22.8. The van der Waals surface area contributed by atoms with Crippen molar-refractivity contribution >= 4 is 11.8 Å². The van der Waals surface area contributed by atoms with Crippen LogP contribution in [-0.4, -0.2) is 35.3 Å². The van der Waals surface area contributed by atoms with Crippen LogP contribution in [0.4, 0.5) is 0 Å². The van der Waals surface area contributed by atoms with Gasteiger partial charge >= 0.3 is 0 Å². The maximum absolute atomic E-state index is 12.0. The van der Waals surface area contributed by atoms with Crippen molar-refractivity contribution in [2.75, 3.05) is 6.54 Å². The van der Waals surface area contributed by atoms with Crippen molar-refractivity contribution in [1.29, 1.82) is 0 Å². The number of hydrogen-bond donors (Lipinski definition) is 1. The molecule has 0 aliphatic carbocycles. The molecule has 0 aromatic carbocycles. The minimum absolute atomic E-state index is 0.0673. The number of rotatable bonds is 2. The van der Waals surface area contributed by atoms with Gasteiger partial charge in [-0.25, -0.2) is 0 Å². The van der Waals surface area contributed by atoms with Crippen LogP contribution in [-0.2, 0) is 9.59 Å². The summed E-state index contributed by atoms with van der Waals surface area (Å²) < 4.78 is 0. The third-order valence-electron chi connectivity index (χ3n) is 2.72. The lowest BCUT2D eigenvalue weighted by Gasteiger charge is -2.28. The topological polar surface area (TPSA) is 49.4 Å². The van der Waals surface area contributed by atoms with Gasteiger partial charge in [0.25, 0.3) is 0 Å². The molecule has 4 nitrogen and oxygen atoms in total. The molecule has 0 radical (unpaired) electrons. The van der Waals surface area contributed by atoms with Crippen LogP contribution in [0.2, 0.25) is 0 Å². The summed E-state index contributed by atoms with van der Waals surface area (Å²) in [7, 11) is 0. The molecule has 1 heterocycles. The molecule has 1 fully saturated rings. The van der Waals surface area contributed by atoms with E-state index in [-0.39, 0.29) is 23.9 Å². The van der Waals surface area contributed by atoms with Crippen LogP contribution in [0, 0.1) is 0 Å². The minimum atomic E-state index is -0.313. The summed E-state index contributed by atoms with van der Waals surface area (Å²) >= 11 is 0. The van der Waals surface area contributed by atoms with E-state index in [4.69, 9.17) is 0 Å². The van der Waals surface area contributed by atoms with Crippen molar-refractivity contribution in [2.45, 2.75) is 52.1 Å². The lowest BCUT2D eigenvalue weighted by Crippen LogP contribution is -2.49. The Bertz CT molecular complexity index is 251. The van der Waals surface area contributed by atoms with Gasteiger partial charge in [-0.3, -0.25) is 9.59 Å². The molecule has 1 N–H and O–H groups in total. The molecule has 86 valence electrons. The van der Waals surface area contributed by atoms with E-state index < -0.39 is 0 Å². The first kappa shape index (κ1) is 12.0. The SMILES string of the molecule is CC(=O)NC1CCCCN(C(C)C)C1=O. The van der Waals surface area contributed by atoms with E-state index in [1.54, 1.807) is 0 Å². The summed E-state index contributed by atoms with van der Waals surface area (Å²) in [4.78, 5) is 24.9. The first-order valence-electron chi connectivity index (χ1n) is 5.60. The molecule has 1 saturated heterocycles. The quantitative estimate of drug-likeness (QED) is 0.739. The smallest absolute Gasteiger partial charge is 0.245 e. The Kier molecular flexibility index (Phi) is 4.12. The summed E-state index contributed by atoms with van der Waals surface area (Å²) in [6.07, 6.45) is 2.79. The van der Waals surface area contributed by atoms with Crippen LogP contribution < -0.4 is 5.32 Å². The lowest BCUT2D eigenvalue weighted by molar-refractivity contribution is -0.137. The van der Waals surface area contributed by atoms with Gasteiger partial charge in [-0.15, -0.1) is 0 Å². The van der Waals surface area contributed by atoms with E-state index in [0.29, 0.717) is 0 Å². The third-order valence-corrected chi connectivity index (χ3v) is 2.72. The molecule has 0 aromatic heterocycles. The zero-order chi connectivity index (χ0) is 11.4. The number of amides is 2. The molecule has 0 bridgehead atoms. The van der Waals surface area contributed by atoms with Gasteiger partial charge in [0.2, 0.25) is 11.8 Å². The van der Waals surface area contributed by atoms with Crippen LogP contribution in [0.15, 0.2) is 0 Å². The second-order valence-corrected chi connectivity index (χ2v) is 4.37. The summed E-state index contributed by atoms with van der Waals surface area (Å²) in [5.41, 5.74) is 0. The Hall–Kier alpha value is -1.06. The highest BCUT2D eigenvalue weighted by Gasteiger charge is 2.28. The molecule has 1 aliphatic heterocycles. The molecule has 0 spiro atoms.